The van der Waals surface area contributed by atoms with Gasteiger partial charge in [0.1, 0.15) is 0 Å². The fourth-order valence-electron chi connectivity index (χ4n) is 1.80. The molecule has 2 nitrogen and oxygen atoms in total. The second-order valence-corrected chi connectivity index (χ2v) is 3.61. The van der Waals surface area contributed by atoms with E-state index in [-0.39, 0.29) is 12.6 Å². The Bertz CT molecular complexity index is 107. The van der Waals surface area contributed by atoms with Crippen LogP contribution in [0.3, 0.4) is 0 Å². The number of aliphatic hydroxyl groups is 1. The Kier molecular flexibility index (Phi) is 3.34. The van der Waals surface area contributed by atoms with Crippen molar-refractivity contribution in [2.24, 2.45) is 17.6 Å². The maximum atomic E-state index is 9.08. The second kappa shape index (κ2) is 4.07. The van der Waals surface area contributed by atoms with Crippen LogP contribution in [0.4, 0.5) is 0 Å². The van der Waals surface area contributed by atoms with E-state index in [1.54, 1.807) is 0 Å². The number of rotatable bonds is 4. The molecule has 0 bridgehead atoms. The van der Waals surface area contributed by atoms with Crippen LogP contribution < -0.4 is 5.73 Å². The minimum atomic E-state index is 0.213. The van der Waals surface area contributed by atoms with Gasteiger partial charge in [-0.05, 0) is 18.3 Å². The Morgan fingerprint density at radius 2 is 2.18 bits per heavy atom. The van der Waals surface area contributed by atoms with Crippen molar-refractivity contribution in [1.29, 1.82) is 0 Å². The molecule has 0 amide bonds. The predicted molar refractivity (Wildman–Crippen MR) is 46.2 cm³/mol. The van der Waals surface area contributed by atoms with Gasteiger partial charge in [-0.3, -0.25) is 0 Å². The molecule has 0 spiro atoms. The average Bonchev–Trinajstić information content (AvgIpc) is 1.94. The maximum Gasteiger partial charge on any atom is 0.0476 e. The molecular formula is C9H19NO. The van der Waals surface area contributed by atoms with Gasteiger partial charge in [0, 0.05) is 12.6 Å². The highest BCUT2D eigenvalue weighted by Crippen LogP contribution is 2.34. The molecule has 1 aliphatic rings. The quantitative estimate of drug-likeness (QED) is 0.642. The summed E-state index contributed by atoms with van der Waals surface area (Å²) in [5.74, 6) is 1.09. The number of hydrogen-bond acceptors (Lipinski definition) is 2. The van der Waals surface area contributed by atoms with Gasteiger partial charge in [-0.25, -0.2) is 0 Å². The molecule has 3 N–H and O–H groups in total. The minimum absolute atomic E-state index is 0.213. The van der Waals surface area contributed by atoms with Crippen LogP contribution >= 0.6 is 0 Å². The SMILES string of the molecule is CCC(N)C(CO)C1CCC1. The monoisotopic (exact) mass is 157 g/mol. The molecule has 0 heterocycles. The molecule has 0 radical (unpaired) electrons. The molecule has 1 fully saturated rings. The highest BCUT2D eigenvalue weighted by molar-refractivity contribution is 4.83. The maximum absolute atomic E-state index is 9.08. The van der Waals surface area contributed by atoms with Crippen LogP contribution in [0.15, 0.2) is 0 Å². The summed E-state index contributed by atoms with van der Waals surface area (Å²) in [6.07, 6.45) is 4.87. The van der Waals surface area contributed by atoms with Crippen molar-refractivity contribution in [3.63, 3.8) is 0 Å². The molecule has 0 aromatic rings. The van der Waals surface area contributed by atoms with Crippen molar-refractivity contribution >= 4 is 0 Å². The minimum Gasteiger partial charge on any atom is -0.396 e. The van der Waals surface area contributed by atoms with Crippen molar-refractivity contribution < 1.29 is 5.11 Å². The van der Waals surface area contributed by atoms with E-state index in [1.165, 1.54) is 19.3 Å². The van der Waals surface area contributed by atoms with E-state index < -0.39 is 0 Å². The van der Waals surface area contributed by atoms with Crippen molar-refractivity contribution in [2.45, 2.75) is 38.6 Å². The summed E-state index contributed by atoms with van der Waals surface area (Å²) >= 11 is 0. The third-order valence-corrected chi connectivity index (χ3v) is 2.99. The van der Waals surface area contributed by atoms with Gasteiger partial charge < -0.3 is 10.8 Å². The van der Waals surface area contributed by atoms with Gasteiger partial charge in [-0.15, -0.1) is 0 Å². The van der Waals surface area contributed by atoms with Crippen molar-refractivity contribution in [2.75, 3.05) is 6.61 Å². The first-order valence-corrected chi connectivity index (χ1v) is 4.66. The Hall–Kier alpha value is -0.0800. The number of nitrogens with two attached hydrogens (primary N) is 1. The van der Waals surface area contributed by atoms with Crippen LogP contribution in [0.1, 0.15) is 32.6 Å². The number of hydrogen-bond donors (Lipinski definition) is 2. The van der Waals surface area contributed by atoms with E-state index in [9.17, 15) is 0 Å². The van der Waals surface area contributed by atoms with Crippen LogP contribution in [-0.4, -0.2) is 17.8 Å². The topological polar surface area (TPSA) is 46.2 Å². The Morgan fingerprint density at radius 3 is 2.45 bits per heavy atom. The van der Waals surface area contributed by atoms with Gasteiger partial charge in [0.05, 0.1) is 0 Å². The summed E-state index contributed by atoms with van der Waals surface area (Å²) in [7, 11) is 0. The van der Waals surface area contributed by atoms with Crippen LogP contribution in [0, 0.1) is 11.8 Å². The van der Waals surface area contributed by atoms with E-state index in [0.717, 1.165) is 12.3 Å². The smallest absolute Gasteiger partial charge is 0.0476 e. The lowest BCUT2D eigenvalue weighted by atomic mass is 9.73. The van der Waals surface area contributed by atoms with Crippen molar-refractivity contribution in [1.82, 2.24) is 0 Å². The normalized spacial score (nSPS) is 24.3. The summed E-state index contributed by atoms with van der Waals surface area (Å²) < 4.78 is 0. The van der Waals surface area contributed by atoms with Crippen LogP contribution in [0.2, 0.25) is 0 Å². The van der Waals surface area contributed by atoms with Gasteiger partial charge >= 0.3 is 0 Å². The zero-order valence-corrected chi connectivity index (χ0v) is 7.29. The predicted octanol–water partition coefficient (Wildman–Crippen LogP) is 1.13. The number of aliphatic hydroxyl groups excluding tert-OH is 1. The summed E-state index contributed by atoms with van der Waals surface area (Å²) in [6.45, 7) is 2.37. The standard InChI is InChI=1S/C9H19NO/c1-2-9(10)8(6-11)7-4-3-5-7/h7-9,11H,2-6,10H2,1H3. The van der Waals surface area contributed by atoms with Gasteiger partial charge in [0.2, 0.25) is 0 Å². The fourth-order valence-corrected chi connectivity index (χ4v) is 1.80. The van der Waals surface area contributed by atoms with Gasteiger partial charge in [0.15, 0.2) is 0 Å². The van der Waals surface area contributed by atoms with E-state index in [0.29, 0.717) is 5.92 Å². The first-order valence-electron chi connectivity index (χ1n) is 4.66. The third-order valence-electron chi connectivity index (χ3n) is 2.99. The van der Waals surface area contributed by atoms with Gasteiger partial charge in [0.25, 0.3) is 0 Å². The van der Waals surface area contributed by atoms with Crippen molar-refractivity contribution in [3.8, 4) is 0 Å². The zero-order valence-electron chi connectivity index (χ0n) is 7.29. The molecule has 11 heavy (non-hydrogen) atoms. The Labute approximate surface area is 68.8 Å². The van der Waals surface area contributed by atoms with E-state index in [4.69, 9.17) is 10.8 Å². The lowest BCUT2D eigenvalue weighted by molar-refractivity contribution is 0.102. The summed E-state index contributed by atoms with van der Waals surface area (Å²) in [4.78, 5) is 0. The first kappa shape index (κ1) is 9.01. The zero-order chi connectivity index (χ0) is 8.27. The molecule has 1 rings (SSSR count). The van der Waals surface area contributed by atoms with E-state index in [2.05, 4.69) is 6.92 Å². The molecule has 66 valence electrons. The lowest BCUT2D eigenvalue weighted by Gasteiger charge is -2.35. The van der Waals surface area contributed by atoms with Crippen LogP contribution in [-0.2, 0) is 0 Å². The van der Waals surface area contributed by atoms with Crippen LogP contribution in [0.25, 0.3) is 0 Å². The van der Waals surface area contributed by atoms with Gasteiger partial charge in [-0.1, -0.05) is 26.2 Å². The molecule has 2 heteroatoms. The summed E-state index contributed by atoms with van der Waals surface area (Å²) in [6, 6.07) is 0.213. The average molecular weight is 157 g/mol. The largest absolute Gasteiger partial charge is 0.396 e. The van der Waals surface area contributed by atoms with Crippen molar-refractivity contribution in [3.05, 3.63) is 0 Å². The van der Waals surface area contributed by atoms with E-state index >= 15 is 0 Å². The Morgan fingerprint density at radius 1 is 1.55 bits per heavy atom. The second-order valence-electron chi connectivity index (χ2n) is 3.61. The molecule has 1 aliphatic carbocycles. The summed E-state index contributed by atoms with van der Waals surface area (Å²) in [5, 5.41) is 9.08. The molecule has 0 aliphatic heterocycles. The lowest BCUT2D eigenvalue weighted by Crippen LogP contribution is -2.39. The first-order chi connectivity index (χ1) is 5.29. The fraction of sp³-hybridized carbons (Fsp3) is 1.00. The molecule has 2 unspecified atom stereocenters. The molecule has 2 atom stereocenters. The van der Waals surface area contributed by atoms with Crippen LogP contribution in [0.5, 0.6) is 0 Å². The molecule has 0 saturated heterocycles. The molecule has 0 aromatic carbocycles. The summed E-state index contributed by atoms with van der Waals surface area (Å²) in [5.41, 5.74) is 5.88. The highest BCUT2D eigenvalue weighted by atomic mass is 16.3. The molecule has 1 saturated carbocycles. The molecular weight excluding hydrogens is 138 g/mol. The van der Waals surface area contributed by atoms with E-state index in [1.807, 2.05) is 0 Å². The van der Waals surface area contributed by atoms with Gasteiger partial charge in [-0.2, -0.15) is 0 Å². The third kappa shape index (κ3) is 1.94. The Balaban J connectivity index is 2.34. The highest BCUT2D eigenvalue weighted by Gasteiger charge is 2.29. The molecule has 0 aromatic heterocycles.